The van der Waals surface area contributed by atoms with Gasteiger partial charge in [-0.25, -0.2) is 0 Å². The van der Waals surface area contributed by atoms with Crippen molar-refractivity contribution < 1.29 is 13.2 Å². The molecule has 0 saturated carbocycles. The molecule has 0 unspecified atom stereocenters. The predicted molar refractivity (Wildman–Crippen MR) is 77.7 cm³/mol. The van der Waals surface area contributed by atoms with Gasteiger partial charge in [0.1, 0.15) is 0 Å². The minimum Gasteiger partial charge on any atom is -0.399 e. The molecule has 0 aliphatic carbocycles. The van der Waals surface area contributed by atoms with Crippen LogP contribution < -0.4 is 5.73 Å². The molecule has 6 heteroatoms. The molecule has 2 nitrogen and oxygen atoms in total. The van der Waals surface area contributed by atoms with Crippen LogP contribution in [0.5, 0.6) is 0 Å². The lowest BCUT2D eigenvalue weighted by atomic mass is 10.0. The molecule has 112 valence electrons. The van der Waals surface area contributed by atoms with E-state index < -0.39 is 11.7 Å². The molecular formula is C14H19F3N2S. The number of halogens is 3. The molecule has 2 rings (SSSR count). The Balaban J connectivity index is 2.21. The van der Waals surface area contributed by atoms with Gasteiger partial charge in [0.25, 0.3) is 0 Å². The fraction of sp³-hybridized carbons (Fsp3) is 0.571. The Bertz CT molecular complexity index is 486. The smallest absolute Gasteiger partial charge is 0.399 e. The molecule has 0 bridgehead atoms. The number of rotatable bonds is 2. The lowest BCUT2D eigenvalue weighted by molar-refractivity contribution is -0.138. The molecule has 0 atom stereocenters. The molecule has 1 aliphatic heterocycles. The maximum atomic E-state index is 13.1. The van der Waals surface area contributed by atoms with Crippen molar-refractivity contribution in [3.05, 3.63) is 29.3 Å². The second-order valence-electron chi connectivity index (χ2n) is 5.73. The van der Waals surface area contributed by atoms with Gasteiger partial charge in [-0.1, -0.05) is 6.07 Å². The third-order valence-corrected chi connectivity index (χ3v) is 4.64. The van der Waals surface area contributed by atoms with E-state index in [0.717, 1.165) is 24.9 Å². The number of benzene rings is 1. The third kappa shape index (κ3) is 3.82. The highest BCUT2D eigenvalue weighted by molar-refractivity contribution is 8.00. The summed E-state index contributed by atoms with van der Waals surface area (Å²) in [4.78, 5) is 2.08. The Morgan fingerprint density at radius 3 is 2.65 bits per heavy atom. The molecule has 0 spiro atoms. The Morgan fingerprint density at radius 2 is 2.05 bits per heavy atom. The standard InChI is InChI=1S/C14H19F3N2S/c1-13(2)9-19(5-6-20-13)8-10-3-4-11(18)7-12(10)14(15,16)17/h3-4,7H,5-6,8-9,18H2,1-2H3. The van der Waals surface area contributed by atoms with E-state index in [1.807, 2.05) is 11.8 Å². The van der Waals surface area contributed by atoms with Crippen LogP contribution in [0.4, 0.5) is 18.9 Å². The molecule has 1 aromatic carbocycles. The topological polar surface area (TPSA) is 29.3 Å². The number of nitrogens with zero attached hydrogens (tertiary/aromatic N) is 1. The zero-order valence-electron chi connectivity index (χ0n) is 11.6. The van der Waals surface area contributed by atoms with E-state index in [4.69, 9.17) is 5.73 Å². The summed E-state index contributed by atoms with van der Waals surface area (Å²) in [5, 5.41) is 0. The van der Waals surface area contributed by atoms with E-state index in [1.165, 1.54) is 12.1 Å². The molecule has 1 aromatic rings. The molecule has 0 radical (unpaired) electrons. The van der Waals surface area contributed by atoms with Gasteiger partial charge in [-0.05, 0) is 31.5 Å². The van der Waals surface area contributed by atoms with Crippen molar-refractivity contribution in [2.24, 2.45) is 0 Å². The summed E-state index contributed by atoms with van der Waals surface area (Å²) in [6.07, 6.45) is -4.36. The van der Waals surface area contributed by atoms with Crippen LogP contribution in [0.1, 0.15) is 25.0 Å². The maximum absolute atomic E-state index is 13.1. The van der Waals surface area contributed by atoms with E-state index in [2.05, 4.69) is 18.7 Å². The predicted octanol–water partition coefficient (Wildman–Crippen LogP) is 3.62. The molecule has 0 aromatic heterocycles. The van der Waals surface area contributed by atoms with Crippen molar-refractivity contribution in [1.29, 1.82) is 0 Å². The molecule has 0 amide bonds. The molecule has 20 heavy (non-hydrogen) atoms. The first-order valence-electron chi connectivity index (χ1n) is 6.49. The van der Waals surface area contributed by atoms with Crippen molar-refractivity contribution in [3.63, 3.8) is 0 Å². The lowest BCUT2D eigenvalue weighted by Crippen LogP contribution is -2.42. The fourth-order valence-corrected chi connectivity index (χ4v) is 3.66. The van der Waals surface area contributed by atoms with Gasteiger partial charge >= 0.3 is 6.18 Å². The normalized spacial score (nSPS) is 20.1. The summed E-state index contributed by atoms with van der Waals surface area (Å²) >= 11 is 1.86. The molecule has 1 heterocycles. The highest BCUT2D eigenvalue weighted by Crippen LogP contribution is 2.35. The fourth-order valence-electron chi connectivity index (χ4n) is 2.49. The van der Waals surface area contributed by atoms with Crippen LogP contribution in [-0.4, -0.2) is 28.5 Å². The number of anilines is 1. The highest BCUT2D eigenvalue weighted by Gasteiger charge is 2.35. The largest absolute Gasteiger partial charge is 0.416 e. The van der Waals surface area contributed by atoms with Gasteiger partial charge < -0.3 is 5.73 Å². The van der Waals surface area contributed by atoms with Crippen LogP contribution in [0, 0.1) is 0 Å². The number of thioether (sulfide) groups is 1. The van der Waals surface area contributed by atoms with E-state index >= 15 is 0 Å². The van der Waals surface area contributed by atoms with Crippen molar-refractivity contribution in [2.45, 2.75) is 31.3 Å². The van der Waals surface area contributed by atoms with Crippen LogP contribution in [0.2, 0.25) is 0 Å². The first kappa shape index (κ1) is 15.5. The van der Waals surface area contributed by atoms with Gasteiger partial charge in [0.15, 0.2) is 0 Å². The van der Waals surface area contributed by atoms with E-state index in [-0.39, 0.29) is 10.4 Å². The number of nitrogen functional groups attached to an aromatic ring is 1. The monoisotopic (exact) mass is 304 g/mol. The molecular weight excluding hydrogens is 285 g/mol. The van der Waals surface area contributed by atoms with Gasteiger partial charge in [0.05, 0.1) is 5.56 Å². The Labute approximate surface area is 121 Å². The summed E-state index contributed by atoms with van der Waals surface area (Å²) in [5.74, 6) is 0.948. The number of hydrogen-bond acceptors (Lipinski definition) is 3. The van der Waals surface area contributed by atoms with Gasteiger partial charge in [-0.3, -0.25) is 4.90 Å². The van der Waals surface area contributed by atoms with Crippen molar-refractivity contribution >= 4 is 17.4 Å². The van der Waals surface area contributed by atoms with Gasteiger partial charge in [0.2, 0.25) is 0 Å². The van der Waals surface area contributed by atoms with Crippen LogP contribution in [0.3, 0.4) is 0 Å². The minimum absolute atomic E-state index is 0.0878. The zero-order valence-corrected chi connectivity index (χ0v) is 12.4. The maximum Gasteiger partial charge on any atom is 0.416 e. The summed E-state index contributed by atoms with van der Waals surface area (Å²) in [6, 6.07) is 4.06. The Kier molecular flexibility index (Phi) is 4.25. The van der Waals surface area contributed by atoms with Crippen molar-refractivity contribution in [3.8, 4) is 0 Å². The number of hydrogen-bond donors (Lipinski definition) is 1. The van der Waals surface area contributed by atoms with E-state index in [1.54, 1.807) is 0 Å². The third-order valence-electron chi connectivity index (χ3n) is 3.34. The van der Waals surface area contributed by atoms with Crippen LogP contribution in [-0.2, 0) is 12.7 Å². The summed E-state index contributed by atoms with van der Waals surface area (Å²) in [6.45, 7) is 6.17. The summed E-state index contributed by atoms with van der Waals surface area (Å²) < 4.78 is 39.3. The first-order chi connectivity index (χ1) is 9.17. The molecule has 1 saturated heterocycles. The quantitative estimate of drug-likeness (QED) is 0.846. The minimum atomic E-state index is -4.36. The lowest BCUT2D eigenvalue weighted by Gasteiger charge is -2.37. The Hall–Kier alpha value is -0.880. The molecule has 1 fully saturated rings. The van der Waals surface area contributed by atoms with Crippen LogP contribution in [0.25, 0.3) is 0 Å². The van der Waals surface area contributed by atoms with Crippen LogP contribution >= 0.6 is 11.8 Å². The average molecular weight is 304 g/mol. The molecule has 2 N–H and O–H groups in total. The van der Waals surface area contributed by atoms with Crippen molar-refractivity contribution in [1.82, 2.24) is 4.90 Å². The summed E-state index contributed by atoms with van der Waals surface area (Å²) in [5.41, 5.74) is 5.32. The first-order valence-corrected chi connectivity index (χ1v) is 7.48. The van der Waals surface area contributed by atoms with E-state index in [9.17, 15) is 13.2 Å². The highest BCUT2D eigenvalue weighted by atomic mass is 32.2. The van der Waals surface area contributed by atoms with E-state index in [0.29, 0.717) is 12.1 Å². The number of nitrogens with two attached hydrogens (primary N) is 1. The average Bonchev–Trinajstić information content (AvgIpc) is 2.29. The SMILES string of the molecule is CC1(C)CN(Cc2ccc(N)cc2C(F)(F)F)CCS1. The molecule has 1 aliphatic rings. The van der Waals surface area contributed by atoms with Crippen LogP contribution in [0.15, 0.2) is 18.2 Å². The van der Waals surface area contributed by atoms with Crippen molar-refractivity contribution in [2.75, 3.05) is 24.6 Å². The van der Waals surface area contributed by atoms with Gasteiger partial charge in [-0.2, -0.15) is 24.9 Å². The van der Waals surface area contributed by atoms with Gasteiger partial charge in [0, 0.05) is 35.8 Å². The van der Waals surface area contributed by atoms with Gasteiger partial charge in [-0.15, -0.1) is 0 Å². The Morgan fingerprint density at radius 1 is 1.35 bits per heavy atom. The second kappa shape index (κ2) is 5.48. The second-order valence-corrected chi connectivity index (χ2v) is 7.54. The number of alkyl halides is 3. The summed E-state index contributed by atoms with van der Waals surface area (Å²) in [7, 11) is 0. The zero-order chi connectivity index (χ0) is 15.0.